The van der Waals surface area contributed by atoms with Crippen molar-refractivity contribution in [2.45, 2.75) is 25.8 Å². The highest BCUT2D eigenvalue weighted by molar-refractivity contribution is 7.22. The molecule has 9 heteroatoms. The summed E-state index contributed by atoms with van der Waals surface area (Å²) in [5, 5.41) is 8.59. The van der Waals surface area contributed by atoms with Gasteiger partial charge in [-0.2, -0.15) is 5.10 Å². The van der Waals surface area contributed by atoms with Gasteiger partial charge < -0.3 is 10.2 Å². The zero-order valence-corrected chi connectivity index (χ0v) is 17.9. The molecule has 4 heterocycles. The number of aromatic nitrogens is 4. The van der Waals surface area contributed by atoms with Crippen molar-refractivity contribution in [2.75, 3.05) is 25.0 Å². The lowest BCUT2D eigenvalue weighted by Gasteiger charge is -2.31. The lowest BCUT2D eigenvalue weighted by atomic mass is 10.1. The Balaban J connectivity index is 0.00000205. The molecule has 0 bridgehead atoms. The van der Waals surface area contributed by atoms with E-state index in [-0.39, 0.29) is 18.2 Å². The predicted molar refractivity (Wildman–Crippen MR) is 118 cm³/mol. The maximum atomic E-state index is 14.8. The summed E-state index contributed by atoms with van der Waals surface area (Å²) in [7, 11) is 2.06. The highest BCUT2D eigenvalue weighted by Crippen LogP contribution is 2.34. The van der Waals surface area contributed by atoms with E-state index in [2.05, 4.69) is 32.3 Å². The first-order valence-corrected chi connectivity index (χ1v) is 10.3. The molecular weight excluding hydrogens is 411 g/mol. The van der Waals surface area contributed by atoms with Gasteiger partial charge in [0.15, 0.2) is 16.6 Å². The second-order valence-corrected chi connectivity index (χ2v) is 8.30. The fourth-order valence-electron chi connectivity index (χ4n) is 3.78. The second kappa shape index (κ2) is 7.85. The summed E-state index contributed by atoms with van der Waals surface area (Å²) in [6, 6.07) is 7.73. The number of thiazole rings is 1. The second-order valence-electron chi connectivity index (χ2n) is 7.29. The van der Waals surface area contributed by atoms with Gasteiger partial charge in [0.1, 0.15) is 5.52 Å². The average molecular weight is 433 g/mol. The number of hydrogen-bond acceptors (Lipinski definition) is 6. The van der Waals surface area contributed by atoms with Crippen LogP contribution in [0.4, 0.5) is 9.52 Å². The van der Waals surface area contributed by atoms with E-state index in [0.29, 0.717) is 11.6 Å². The molecule has 4 aromatic rings. The van der Waals surface area contributed by atoms with Gasteiger partial charge in [0.25, 0.3) is 0 Å². The number of fused-ring (bicyclic) bond motifs is 2. The van der Waals surface area contributed by atoms with Crippen LogP contribution >= 0.6 is 23.7 Å². The molecule has 29 heavy (non-hydrogen) atoms. The van der Waals surface area contributed by atoms with Crippen LogP contribution in [0.15, 0.2) is 30.5 Å². The molecule has 0 amide bonds. The number of halogens is 2. The topological polar surface area (TPSA) is 58.4 Å². The minimum absolute atomic E-state index is 0. The Labute approximate surface area is 178 Å². The molecule has 3 aromatic heterocycles. The number of hydrogen-bond donors (Lipinski definition) is 1. The SMILES string of the molecule is Cc1cc2nc(-c3cc(F)c4nc(N(C)C5CCNCC5)sc4c3)ccn2n1.Cl. The number of benzene rings is 1. The van der Waals surface area contributed by atoms with Crippen molar-refractivity contribution in [1.82, 2.24) is 24.9 Å². The predicted octanol–water partition coefficient (Wildman–Crippen LogP) is 4.06. The maximum absolute atomic E-state index is 14.8. The van der Waals surface area contributed by atoms with Gasteiger partial charge in [-0.15, -0.1) is 12.4 Å². The highest BCUT2D eigenvalue weighted by Gasteiger charge is 2.22. The first-order chi connectivity index (χ1) is 13.6. The lowest BCUT2D eigenvalue weighted by Crippen LogP contribution is -2.41. The van der Waals surface area contributed by atoms with Crippen molar-refractivity contribution < 1.29 is 4.39 Å². The van der Waals surface area contributed by atoms with Crippen LogP contribution in [0.1, 0.15) is 18.5 Å². The van der Waals surface area contributed by atoms with E-state index in [1.165, 1.54) is 17.4 Å². The monoisotopic (exact) mass is 432 g/mol. The van der Waals surface area contributed by atoms with E-state index < -0.39 is 0 Å². The van der Waals surface area contributed by atoms with Gasteiger partial charge in [0.2, 0.25) is 0 Å². The third kappa shape index (κ3) is 3.68. The van der Waals surface area contributed by atoms with Crippen LogP contribution in [0, 0.1) is 12.7 Å². The smallest absolute Gasteiger partial charge is 0.186 e. The van der Waals surface area contributed by atoms with Crippen LogP contribution in [-0.4, -0.2) is 45.8 Å². The molecule has 1 aliphatic heterocycles. The highest BCUT2D eigenvalue weighted by atomic mass is 35.5. The molecule has 1 aliphatic rings. The van der Waals surface area contributed by atoms with Crippen LogP contribution in [0.3, 0.4) is 0 Å². The molecule has 0 spiro atoms. The van der Waals surface area contributed by atoms with Crippen LogP contribution in [0.25, 0.3) is 27.1 Å². The van der Waals surface area contributed by atoms with E-state index in [0.717, 1.165) is 58.4 Å². The van der Waals surface area contributed by atoms with Crippen molar-refractivity contribution in [3.8, 4) is 11.3 Å². The van der Waals surface area contributed by atoms with Crippen molar-refractivity contribution in [3.63, 3.8) is 0 Å². The number of anilines is 1. The van der Waals surface area contributed by atoms with Crippen molar-refractivity contribution in [2.24, 2.45) is 0 Å². The van der Waals surface area contributed by atoms with E-state index in [4.69, 9.17) is 0 Å². The Morgan fingerprint density at radius 2 is 2.00 bits per heavy atom. The zero-order valence-electron chi connectivity index (χ0n) is 16.2. The molecule has 0 atom stereocenters. The summed E-state index contributed by atoms with van der Waals surface area (Å²) in [6.07, 6.45) is 4.01. The summed E-state index contributed by atoms with van der Waals surface area (Å²) >= 11 is 1.54. The first kappa shape index (κ1) is 20.0. The Morgan fingerprint density at radius 1 is 1.21 bits per heavy atom. The van der Waals surface area contributed by atoms with E-state index in [1.54, 1.807) is 4.52 Å². The Kier molecular flexibility index (Phi) is 5.42. The molecule has 0 radical (unpaired) electrons. The fraction of sp³-hybridized carbons (Fsp3) is 0.350. The van der Waals surface area contributed by atoms with Gasteiger partial charge in [-0.25, -0.2) is 18.9 Å². The normalized spacial score (nSPS) is 15.0. The molecule has 0 aliphatic carbocycles. The van der Waals surface area contributed by atoms with Crippen LogP contribution in [0.5, 0.6) is 0 Å². The Bertz CT molecular complexity index is 1170. The molecule has 6 nitrogen and oxygen atoms in total. The Morgan fingerprint density at radius 3 is 2.79 bits per heavy atom. The number of aryl methyl sites for hydroxylation is 1. The minimum atomic E-state index is -0.305. The van der Waals surface area contributed by atoms with Gasteiger partial charge in [0, 0.05) is 30.9 Å². The van der Waals surface area contributed by atoms with Crippen molar-refractivity contribution >= 4 is 44.7 Å². The molecule has 1 fully saturated rings. The Hall–Kier alpha value is -2.29. The number of rotatable bonds is 3. The van der Waals surface area contributed by atoms with E-state index in [9.17, 15) is 4.39 Å². The fourth-order valence-corrected chi connectivity index (χ4v) is 4.84. The van der Waals surface area contributed by atoms with Gasteiger partial charge in [0.05, 0.1) is 16.1 Å². The average Bonchev–Trinajstić information content (AvgIpc) is 3.30. The quantitative estimate of drug-likeness (QED) is 0.529. The van der Waals surface area contributed by atoms with Crippen molar-refractivity contribution in [3.05, 3.63) is 42.0 Å². The maximum Gasteiger partial charge on any atom is 0.186 e. The molecule has 0 saturated carbocycles. The molecule has 0 unspecified atom stereocenters. The summed E-state index contributed by atoms with van der Waals surface area (Å²) < 4.78 is 17.4. The van der Waals surface area contributed by atoms with Gasteiger partial charge >= 0.3 is 0 Å². The van der Waals surface area contributed by atoms with Crippen molar-refractivity contribution in [1.29, 1.82) is 0 Å². The zero-order chi connectivity index (χ0) is 19.3. The molecule has 5 rings (SSSR count). The van der Waals surface area contributed by atoms with Crippen LogP contribution in [-0.2, 0) is 0 Å². The summed E-state index contributed by atoms with van der Waals surface area (Å²) in [5.41, 5.74) is 3.58. The molecule has 1 N–H and O–H groups in total. The molecule has 1 saturated heterocycles. The summed E-state index contributed by atoms with van der Waals surface area (Å²) in [5.74, 6) is -0.305. The summed E-state index contributed by atoms with van der Waals surface area (Å²) in [4.78, 5) is 11.4. The van der Waals surface area contributed by atoms with E-state index >= 15 is 0 Å². The largest absolute Gasteiger partial charge is 0.348 e. The summed E-state index contributed by atoms with van der Waals surface area (Å²) in [6.45, 7) is 3.96. The van der Waals surface area contributed by atoms with Gasteiger partial charge in [-0.3, -0.25) is 0 Å². The van der Waals surface area contributed by atoms with Gasteiger partial charge in [-0.05, 0) is 51.1 Å². The third-order valence-corrected chi connectivity index (χ3v) is 6.43. The lowest BCUT2D eigenvalue weighted by molar-refractivity contribution is 0.443. The number of nitrogens with zero attached hydrogens (tertiary/aromatic N) is 5. The third-order valence-electron chi connectivity index (χ3n) is 5.34. The van der Waals surface area contributed by atoms with Crippen LogP contribution in [0.2, 0.25) is 0 Å². The standard InChI is InChI=1S/C20H21FN6S.ClH/c1-12-9-18-23-16(5-8-27(18)25-12)13-10-15(21)19-17(11-13)28-20(24-19)26(2)14-3-6-22-7-4-14;/h5,8-11,14,22H,3-4,6-7H2,1-2H3;1H. The molecular formula is C20H22ClFN6S. The van der Waals surface area contributed by atoms with E-state index in [1.807, 2.05) is 31.3 Å². The number of piperidine rings is 1. The minimum Gasteiger partial charge on any atom is -0.348 e. The van der Waals surface area contributed by atoms with Crippen LogP contribution < -0.4 is 10.2 Å². The number of nitrogens with one attached hydrogen (secondary N) is 1. The molecule has 152 valence electrons. The first-order valence-electron chi connectivity index (χ1n) is 9.45. The van der Waals surface area contributed by atoms with Gasteiger partial charge in [-0.1, -0.05) is 11.3 Å². The molecule has 1 aromatic carbocycles.